The predicted octanol–water partition coefficient (Wildman–Crippen LogP) is 1.58. The van der Waals surface area contributed by atoms with Crippen LogP contribution in [0.2, 0.25) is 0 Å². The molecule has 0 spiro atoms. The van der Waals surface area contributed by atoms with E-state index in [0.29, 0.717) is 6.54 Å². The highest BCUT2D eigenvalue weighted by atomic mass is 19.4. The van der Waals surface area contributed by atoms with Gasteiger partial charge in [0, 0.05) is 25.7 Å². The Morgan fingerprint density at radius 1 is 1.23 bits per heavy atom. The van der Waals surface area contributed by atoms with Gasteiger partial charge in [0.25, 0.3) is 0 Å². The number of carbonyl (C=O) groups is 2. The summed E-state index contributed by atoms with van der Waals surface area (Å²) in [6, 6.07) is 0.0949. The van der Waals surface area contributed by atoms with Gasteiger partial charge in [-0.15, -0.1) is 0 Å². The molecule has 5 nitrogen and oxygen atoms in total. The molecule has 2 rings (SSSR count). The van der Waals surface area contributed by atoms with Crippen molar-refractivity contribution in [3.05, 3.63) is 0 Å². The number of carboxylic acid groups (broad SMARTS) is 1. The zero-order valence-corrected chi connectivity index (χ0v) is 12.5. The van der Waals surface area contributed by atoms with Gasteiger partial charge in [0.15, 0.2) is 0 Å². The number of nitrogens with zero attached hydrogens (tertiary/aromatic N) is 2. The lowest BCUT2D eigenvalue weighted by Crippen LogP contribution is -2.46. The molecule has 3 atom stereocenters. The third kappa shape index (κ3) is 3.71. The van der Waals surface area contributed by atoms with Crippen molar-refractivity contribution in [1.82, 2.24) is 9.80 Å². The highest BCUT2D eigenvalue weighted by Crippen LogP contribution is 2.37. The standard InChI is InChI=1S/C14H21F3N2O3/c1-9-4-2-3-5-19(9)12(20)8-18-6-10(13(21)22)11(7-18)14(15,16)17/h9-11H,2-8H2,1H3,(H,21,22)/t9?,10-,11-/m1/s1. The van der Waals surface area contributed by atoms with E-state index in [0.717, 1.165) is 19.3 Å². The molecule has 2 aliphatic rings. The molecule has 2 aliphatic heterocycles. The molecule has 1 unspecified atom stereocenters. The Labute approximate surface area is 127 Å². The lowest BCUT2D eigenvalue weighted by atomic mass is 9.96. The maximum Gasteiger partial charge on any atom is 0.393 e. The Kier molecular flexibility index (Phi) is 4.99. The van der Waals surface area contributed by atoms with Crippen molar-refractivity contribution in [3.63, 3.8) is 0 Å². The fourth-order valence-corrected chi connectivity index (χ4v) is 3.35. The Hall–Kier alpha value is -1.31. The minimum Gasteiger partial charge on any atom is -0.481 e. The topological polar surface area (TPSA) is 60.9 Å². The number of likely N-dealkylation sites (tertiary alicyclic amines) is 2. The second kappa shape index (κ2) is 6.44. The number of hydrogen-bond acceptors (Lipinski definition) is 3. The molecule has 0 aromatic rings. The van der Waals surface area contributed by atoms with E-state index in [1.807, 2.05) is 6.92 Å². The highest BCUT2D eigenvalue weighted by molar-refractivity contribution is 5.79. The van der Waals surface area contributed by atoms with Gasteiger partial charge in [0.05, 0.1) is 18.4 Å². The van der Waals surface area contributed by atoms with E-state index >= 15 is 0 Å². The minimum absolute atomic E-state index is 0.0949. The normalized spacial score (nSPS) is 30.5. The maximum absolute atomic E-state index is 12.9. The summed E-state index contributed by atoms with van der Waals surface area (Å²) >= 11 is 0. The molecular weight excluding hydrogens is 301 g/mol. The molecule has 1 amide bonds. The molecule has 0 bridgehead atoms. The van der Waals surface area contributed by atoms with Gasteiger partial charge in [-0.25, -0.2) is 0 Å². The largest absolute Gasteiger partial charge is 0.481 e. The van der Waals surface area contributed by atoms with E-state index in [2.05, 4.69) is 0 Å². The van der Waals surface area contributed by atoms with Gasteiger partial charge in [-0.3, -0.25) is 14.5 Å². The average Bonchev–Trinajstić information content (AvgIpc) is 2.83. The van der Waals surface area contributed by atoms with Crippen molar-refractivity contribution < 1.29 is 27.9 Å². The molecule has 0 aromatic heterocycles. The van der Waals surface area contributed by atoms with Crippen molar-refractivity contribution >= 4 is 11.9 Å². The monoisotopic (exact) mass is 322 g/mol. The van der Waals surface area contributed by atoms with Gasteiger partial charge in [-0.05, 0) is 26.2 Å². The summed E-state index contributed by atoms with van der Waals surface area (Å²) in [5.41, 5.74) is 0. The Bertz CT molecular complexity index is 442. The number of piperidine rings is 1. The lowest BCUT2D eigenvalue weighted by Gasteiger charge is -2.34. The first kappa shape index (κ1) is 17.1. The van der Waals surface area contributed by atoms with E-state index in [1.54, 1.807) is 4.90 Å². The minimum atomic E-state index is -4.56. The molecule has 1 N–H and O–H groups in total. The second-order valence-electron chi connectivity index (χ2n) is 6.22. The summed E-state index contributed by atoms with van der Waals surface area (Å²) in [4.78, 5) is 26.3. The van der Waals surface area contributed by atoms with E-state index < -0.39 is 30.5 Å². The number of halogens is 3. The van der Waals surface area contributed by atoms with Gasteiger partial charge >= 0.3 is 12.1 Å². The van der Waals surface area contributed by atoms with Crippen molar-refractivity contribution in [2.24, 2.45) is 11.8 Å². The van der Waals surface area contributed by atoms with E-state index in [-0.39, 0.29) is 25.0 Å². The molecule has 2 heterocycles. The molecular formula is C14H21F3N2O3. The van der Waals surface area contributed by atoms with Gasteiger partial charge in [0.2, 0.25) is 5.91 Å². The zero-order chi connectivity index (χ0) is 16.5. The number of carboxylic acids is 1. The number of alkyl halides is 3. The molecule has 126 valence electrons. The molecule has 22 heavy (non-hydrogen) atoms. The van der Waals surface area contributed by atoms with Gasteiger partial charge < -0.3 is 10.0 Å². The molecule has 0 radical (unpaired) electrons. The first-order valence-corrected chi connectivity index (χ1v) is 7.51. The predicted molar refractivity (Wildman–Crippen MR) is 72.1 cm³/mol. The Balaban J connectivity index is 1.99. The van der Waals surface area contributed by atoms with Crippen LogP contribution in [0.25, 0.3) is 0 Å². The number of aliphatic carboxylic acids is 1. The van der Waals surface area contributed by atoms with Crippen LogP contribution >= 0.6 is 0 Å². The van der Waals surface area contributed by atoms with Gasteiger partial charge in [-0.1, -0.05) is 0 Å². The van der Waals surface area contributed by atoms with Crippen LogP contribution in [0.4, 0.5) is 13.2 Å². The fourth-order valence-electron chi connectivity index (χ4n) is 3.35. The lowest BCUT2D eigenvalue weighted by molar-refractivity contribution is -0.188. The third-order valence-corrected chi connectivity index (χ3v) is 4.62. The molecule has 2 fully saturated rings. The highest BCUT2D eigenvalue weighted by Gasteiger charge is 2.52. The number of rotatable bonds is 3. The summed E-state index contributed by atoms with van der Waals surface area (Å²) < 4.78 is 38.7. The van der Waals surface area contributed by atoms with Crippen LogP contribution in [0.5, 0.6) is 0 Å². The summed E-state index contributed by atoms with van der Waals surface area (Å²) in [6.45, 7) is 1.76. The second-order valence-corrected chi connectivity index (χ2v) is 6.22. The molecule has 0 aromatic carbocycles. The van der Waals surface area contributed by atoms with Crippen LogP contribution in [0.15, 0.2) is 0 Å². The van der Waals surface area contributed by atoms with Crippen LogP contribution in [0, 0.1) is 11.8 Å². The summed E-state index contributed by atoms with van der Waals surface area (Å²) in [5, 5.41) is 8.97. The first-order chi connectivity index (χ1) is 10.2. The summed E-state index contributed by atoms with van der Waals surface area (Å²) in [6.07, 6.45) is -1.71. The average molecular weight is 322 g/mol. The van der Waals surface area contributed by atoms with Gasteiger partial charge in [0.1, 0.15) is 0 Å². The molecule has 8 heteroatoms. The van der Waals surface area contributed by atoms with Crippen molar-refractivity contribution in [3.8, 4) is 0 Å². The number of amides is 1. The van der Waals surface area contributed by atoms with E-state index in [4.69, 9.17) is 5.11 Å². The van der Waals surface area contributed by atoms with Crippen molar-refractivity contribution in [2.75, 3.05) is 26.2 Å². The Morgan fingerprint density at radius 2 is 1.91 bits per heavy atom. The van der Waals surface area contributed by atoms with E-state index in [1.165, 1.54) is 4.90 Å². The maximum atomic E-state index is 12.9. The van der Waals surface area contributed by atoms with Crippen LogP contribution in [0.3, 0.4) is 0 Å². The molecule has 0 aliphatic carbocycles. The van der Waals surface area contributed by atoms with Crippen LogP contribution < -0.4 is 0 Å². The number of carbonyl (C=O) groups excluding carboxylic acids is 1. The molecule has 2 saturated heterocycles. The Morgan fingerprint density at radius 3 is 2.41 bits per heavy atom. The van der Waals surface area contributed by atoms with Crippen LogP contribution in [0.1, 0.15) is 26.2 Å². The number of hydrogen-bond donors (Lipinski definition) is 1. The zero-order valence-electron chi connectivity index (χ0n) is 12.5. The SMILES string of the molecule is CC1CCCCN1C(=O)CN1C[C@@H](C(F)(F)F)[C@H](C(=O)O)C1. The quantitative estimate of drug-likeness (QED) is 0.857. The summed E-state index contributed by atoms with van der Waals surface area (Å²) in [5.74, 6) is -5.06. The smallest absolute Gasteiger partial charge is 0.393 e. The van der Waals surface area contributed by atoms with Crippen molar-refractivity contribution in [1.29, 1.82) is 0 Å². The third-order valence-electron chi connectivity index (χ3n) is 4.62. The van der Waals surface area contributed by atoms with E-state index in [9.17, 15) is 22.8 Å². The van der Waals surface area contributed by atoms with Crippen LogP contribution in [-0.4, -0.2) is 65.2 Å². The summed E-state index contributed by atoms with van der Waals surface area (Å²) in [7, 11) is 0. The first-order valence-electron chi connectivity index (χ1n) is 7.51. The van der Waals surface area contributed by atoms with Gasteiger partial charge in [-0.2, -0.15) is 13.2 Å². The van der Waals surface area contributed by atoms with Crippen molar-refractivity contribution in [2.45, 2.75) is 38.4 Å². The van der Waals surface area contributed by atoms with Crippen LogP contribution in [-0.2, 0) is 9.59 Å². The molecule has 0 saturated carbocycles. The fraction of sp³-hybridized carbons (Fsp3) is 0.857.